The van der Waals surface area contributed by atoms with Crippen LogP contribution in [0.15, 0.2) is 204 Å². The highest BCUT2D eigenvalue weighted by molar-refractivity contribution is 6.18. The van der Waals surface area contributed by atoms with Crippen LogP contribution in [-0.2, 0) is 19.3 Å². The molecule has 1 aromatic heterocycles. The highest BCUT2D eigenvalue weighted by Crippen LogP contribution is 2.52. The SMILES string of the molecule is C1=CC2=Cc3c(c4ccccc4n3C3C=CC4C5Cc6ccccc6C=C5N(c5cccc6c5=CCC(C5NC(c7cc8ccccc8c8ccccc78)=NC(C7=Cc8ccccc8CC7)N5)C=6)C4C3)CC2C=C1. The van der Waals surface area contributed by atoms with Gasteiger partial charge in [0.2, 0.25) is 0 Å². The third kappa shape index (κ3) is 6.68. The minimum Gasteiger partial charge on any atom is -0.354 e. The maximum absolute atomic E-state index is 5.61. The lowest BCUT2D eigenvalue weighted by molar-refractivity contribution is 0.354. The van der Waals surface area contributed by atoms with E-state index >= 15 is 0 Å². The fourth-order valence-corrected chi connectivity index (χ4v) is 14.7. The molecule has 0 bridgehead atoms. The standard InChI is InChI=1S/C69H57N5/c1-2-15-43-34-50(29-28-42(43)14-1)67-70-68(72-69(71-67)61-38-49-20-7-8-22-53(49)55-23-9-10-24-56(55)61)51-30-32-54-48(35-51)21-13-27-62(54)74-65-40-47-19-6-4-17-45(47)37-60(65)58-33-31-52(41-66(58)74)73-63-26-12-11-25-57(63)59-36-44-16-3-5-18-46(44)39-64(59)73/h1-27,31-35,38-40,44,51-52,58,60,66-68,70H,28-30,36-37,41H2,(H,71,72). The summed E-state index contributed by atoms with van der Waals surface area (Å²) in [5.41, 5.74) is 16.5. The molecular formula is C69H57N5. The van der Waals surface area contributed by atoms with Crippen LogP contribution in [-0.4, -0.2) is 28.8 Å². The number of para-hydroxylation sites is 1. The third-order valence-electron chi connectivity index (χ3n) is 18.2. The van der Waals surface area contributed by atoms with E-state index in [4.69, 9.17) is 4.99 Å². The first-order valence-corrected chi connectivity index (χ1v) is 27.2. The molecule has 5 nitrogen and oxygen atoms in total. The van der Waals surface area contributed by atoms with E-state index in [0.29, 0.717) is 23.8 Å². The summed E-state index contributed by atoms with van der Waals surface area (Å²) in [5, 5.41) is 17.2. The Hall–Kier alpha value is -7.99. The van der Waals surface area contributed by atoms with Gasteiger partial charge in [-0.2, -0.15) is 0 Å². The molecule has 1 fully saturated rings. The second-order valence-corrected chi connectivity index (χ2v) is 22.1. The van der Waals surface area contributed by atoms with Crippen molar-refractivity contribution in [2.75, 3.05) is 4.90 Å². The fourth-order valence-electron chi connectivity index (χ4n) is 14.7. The van der Waals surface area contributed by atoms with Crippen LogP contribution in [0.3, 0.4) is 0 Å². The smallest absolute Gasteiger partial charge is 0.132 e. The van der Waals surface area contributed by atoms with E-state index in [0.717, 1.165) is 49.9 Å². The van der Waals surface area contributed by atoms with E-state index < -0.39 is 0 Å². The summed E-state index contributed by atoms with van der Waals surface area (Å²) >= 11 is 0. The lowest BCUT2D eigenvalue weighted by Crippen LogP contribution is -2.58. The number of hydrogen-bond donors (Lipinski definition) is 2. The second kappa shape index (κ2) is 16.8. The molecule has 0 saturated carbocycles. The Morgan fingerprint density at radius 3 is 2.36 bits per heavy atom. The van der Waals surface area contributed by atoms with Crippen LogP contribution in [0.25, 0.3) is 62.8 Å². The zero-order valence-electron chi connectivity index (χ0n) is 41.4. The lowest BCUT2D eigenvalue weighted by atomic mass is 9.76. The third-order valence-corrected chi connectivity index (χ3v) is 18.2. The molecular weight excluding hydrogens is 899 g/mol. The monoisotopic (exact) mass is 955 g/mol. The maximum atomic E-state index is 5.61. The van der Waals surface area contributed by atoms with E-state index in [1.807, 2.05) is 0 Å². The summed E-state index contributed by atoms with van der Waals surface area (Å²) in [7, 11) is 0. The average Bonchev–Trinajstić information content (AvgIpc) is 3.95. The molecule has 5 heteroatoms. The van der Waals surface area contributed by atoms with Crippen LogP contribution in [0, 0.1) is 23.7 Å². The van der Waals surface area contributed by atoms with Gasteiger partial charge in [-0.05, 0) is 135 Å². The van der Waals surface area contributed by atoms with Crippen molar-refractivity contribution < 1.29 is 0 Å². The summed E-state index contributed by atoms with van der Waals surface area (Å²) in [6, 6.07) is 54.8. The molecule has 74 heavy (non-hydrogen) atoms. The van der Waals surface area contributed by atoms with Gasteiger partial charge in [0.25, 0.3) is 0 Å². The quantitative estimate of drug-likeness (QED) is 0.133. The van der Waals surface area contributed by atoms with Crippen molar-refractivity contribution in [2.45, 2.75) is 62.9 Å². The predicted octanol–water partition coefficient (Wildman–Crippen LogP) is 12.8. The summed E-state index contributed by atoms with van der Waals surface area (Å²) in [5.74, 6) is 2.42. The number of aromatic nitrogens is 1. The molecule has 6 aliphatic carbocycles. The van der Waals surface area contributed by atoms with Crippen LogP contribution in [0.5, 0.6) is 0 Å². The van der Waals surface area contributed by atoms with E-state index in [1.54, 1.807) is 0 Å². The summed E-state index contributed by atoms with van der Waals surface area (Å²) in [4.78, 5) is 8.43. The Morgan fingerprint density at radius 2 is 1.45 bits per heavy atom. The van der Waals surface area contributed by atoms with Gasteiger partial charge in [-0.25, -0.2) is 4.99 Å². The number of benzene rings is 7. The number of nitrogens with one attached hydrogen (secondary N) is 2. The molecule has 8 aliphatic rings. The summed E-state index contributed by atoms with van der Waals surface area (Å²) in [6.45, 7) is 0. The van der Waals surface area contributed by atoms with Gasteiger partial charge < -0.3 is 14.8 Å². The maximum Gasteiger partial charge on any atom is 0.132 e. The molecule has 2 aliphatic heterocycles. The molecule has 2 N–H and O–H groups in total. The van der Waals surface area contributed by atoms with Gasteiger partial charge in [0.1, 0.15) is 12.0 Å². The normalized spacial score (nSPS) is 25.9. The second-order valence-electron chi connectivity index (χ2n) is 22.1. The van der Waals surface area contributed by atoms with E-state index in [2.05, 4.69) is 233 Å². The largest absolute Gasteiger partial charge is 0.354 e. The number of anilines is 1. The van der Waals surface area contributed by atoms with E-state index in [-0.39, 0.29) is 24.3 Å². The number of amidine groups is 1. The fraction of sp³-hybridized carbons (Fsp3) is 0.203. The van der Waals surface area contributed by atoms with Gasteiger partial charge in [-0.1, -0.05) is 182 Å². The average molecular weight is 956 g/mol. The van der Waals surface area contributed by atoms with Crippen LogP contribution >= 0.6 is 0 Å². The Balaban J connectivity index is 0.794. The molecule has 3 heterocycles. The minimum absolute atomic E-state index is 0.0427. The zero-order valence-corrected chi connectivity index (χ0v) is 41.4. The summed E-state index contributed by atoms with van der Waals surface area (Å²) < 4.78 is 2.71. The molecule has 358 valence electrons. The highest BCUT2D eigenvalue weighted by atomic mass is 15.3. The number of allylic oxidation sites excluding steroid dienone is 7. The van der Waals surface area contributed by atoms with Crippen molar-refractivity contribution >= 4 is 74.4 Å². The van der Waals surface area contributed by atoms with Gasteiger partial charge >= 0.3 is 0 Å². The van der Waals surface area contributed by atoms with Crippen LogP contribution in [0.2, 0.25) is 0 Å². The zero-order chi connectivity index (χ0) is 48.4. The van der Waals surface area contributed by atoms with Gasteiger partial charge in [-0.3, -0.25) is 5.32 Å². The van der Waals surface area contributed by atoms with Crippen molar-refractivity contribution in [1.29, 1.82) is 0 Å². The number of nitrogens with zero attached hydrogens (tertiary/aromatic N) is 3. The van der Waals surface area contributed by atoms with Crippen molar-refractivity contribution in [3.63, 3.8) is 0 Å². The van der Waals surface area contributed by atoms with Gasteiger partial charge in [-0.15, -0.1) is 0 Å². The first-order chi connectivity index (χ1) is 36.6. The van der Waals surface area contributed by atoms with Crippen molar-refractivity contribution in [3.05, 3.63) is 248 Å². The molecule has 0 radical (unpaired) electrons. The first-order valence-electron chi connectivity index (χ1n) is 27.2. The van der Waals surface area contributed by atoms with Crippen LogP contribution < -0.4 is 26.0 Å². The molecule has 8 atom stereocenters. The molecule has 7 aromatic carbocycles. The predicted molar refractivity (Wildman–Crippen MR) is 307 cm³/mol. The Morgan fingerprint density at radius 1 is 0.649 bits per heavy atom. The number of aryl methyl sites for hydroxylation is 1. The van der Waals surface area contributed by atoms with E-state index in [9.17, 15) is 0 Å². The minimum atomic E-state index is -0.153. The molecule has 16 rings (SSSR count). The van der Waals surface area contributed by atoms with Crippen LogP contribution in [0.1, 0.15) is 64.4 Å². The van der Waals surface area contributed by atoms with Gasteiger partial charge in [0, 0.05) is 68.5 Å². The van der Waals surface area contributed by atoms with Crippen LogP contribution in [0.4, 0.5) is 5.69 Å². The molecule has 8 aromatic rings. The number of fused-ring (bicyclic) bond motifs is 13. The molecule has 8 unspecified atom stereocenters. The summed E-state index contributed by atoms with van der Waals surface area (Å²) in [6.07, 6.45) is 32.8. The Labute approximate surface area is 432 Å². The Bertz CT molecular complexity index is 4060. The van der Waals surface area contributed by atoms with E-state index in [1.165, 1.54) is 98.9 Å². The first kappa shape index (κ1) is 42.5. The lowest BCUT2D eigenvalue weighted by Gasteiger charge is -2.38. The Kier molecular flexibility index (Phi) is 9.64. The number of aliphatic imine (C=N–C) groups is 1. The molecule has 1 saturated heterocycles. The van der Waals surface area contributed by atoms with Crippen molar-refractivity contribution in [3.8, 4) is 0 Å². The number of hydrogen-bond acceptors (Lipinski definition) is 4. The number of rotatable bonds is 5. The topological polar surface area (TPSA) is 44.6 Å². The molecule has 0 amide bonds. The highest BCUT2D eigenvalue weighted by Gasteiger charge is 2.49. The van der Waals surface area contributed by atoms with Crippen molar-refractivity contribution in [2.24, 2.45) is 28.7 Å². The van der Waals surface area contributed by atoms with Gasteiger partial charge in [0.15, 0.2) is 0 Å². The van der Waals surface area contributed by atoms with Gasteiger partial charge in [0.05, 0.1) is 12.2 Å². The van der Waals surface area contributed by atoms with Crippen molar-refractivity contribution in [1.82, 2.24) is 15.2 Å². The molecule has 0 spiro atoms.